The van der Waals surface area contributed by atoms with Crippen LogP contribution in [-0.2, 0) is 11.2 Å². The minimum absolute atomic E-state index is 0.0299. The molecule has 0 unspecified atom stereocenters. The Morgan fingerprint density at radius 2 is 1.90 bits per heavy atom. The molecule has 0 N–H and O–H groups in total. The van der Waals surface area contributed by atoms with E-state index in [4.69, 9.17) is 0 Å². The average molecular weight is 404 g/mol. The maximum atomic E-state index is 14.7. The highest BCUT2D eigenvalue weighted by Gasteiger charge is 2.15. The third-order valence-corrected chi connectivity index (χ3v) is 5.22. The van der Waals surface area contributed by atoms with Crippen LogP contribution in [0.2, 0.25) is 0 Å². The number of Topliss-reactive ketones (excluding diaryl/α,β-unsaturated/α-hetero) is 1. The molecule has 0 fully saturated rings. The van der Waals surface area contributed by atoms with Gasteiger partial charge in [0.05, 0.1) is 5.56 Å². The molecule has 30 heavy (non-hydrogen) atoms. The van der Waals surface area contributed by atoms with E-state index < -0.39 is 5.82 Å². The Morgan fingerprint density at radius 3 is 2.53 bits per heavy atom. The van der Waals surface area contributed by atoms with Crippen LogP contribution in [0.15, 0.2) is 60.9 Å². The molecule has 0 saturated carbocycles. The summed E-state index contributed by atoms with van der Waals surface area (Å²) in [6.07, 6.45) is 4.58. The van der Waals surface area contributed by atoms with Crippen molar-refractivity contribution in [2.45, 2.75) is 33.1 Å². The topological polar surface area (TPSA) is 50.3 Å². The molecule has 1 aromatic heterocycles. The van der Waals surface area contributed by atoms with E-state index >= 15 is 0 Å². The van der Waals surface area contributed by atoms with E-state index in [1.54, 1.807) is 36.5 Å². The third kappa shape index (κ3) is 4.79. The lowest BCUT2D eigenvalue weighted by molar-refractivity contribution is -0.118. The van der Waals surface area contributed by atoms with Gasteiger partial charge in [-0.15, -0.1) is 0 Å². The maximum absolute atomic E-state index is 14.7. The van der Waals surface area contributed by atoms with Crippen molar-refractivity contribution in [3.63, 3.8) is 0 Å². The van der Waals surface area contributed by atoms with E-state index in [1.807, 2.05) is 44.2 Å². The van der Waals surface area contributed by atoms with E-state index in [0.29, 0.717) is 18.4 Å². The fraction of sp³-hybridized carbons (Fsp3) is 0.240. The van der Waals surface area contributed by atoms with Gasteiger partial charge in [0.1, 0.15) is 5.82 Å². The summed E-state index contributed by atoms with van der Waals surface area (Å²) in [4.78, 5) is 30.0. The van der Waals surface area contributed by atoms with Gasteiger partial charge < -0.3 is 4.90 Å². The smallest absolute Gasteiger partial charge is 0.226 e. The Bertz CT molecular complexity index is 1060. The van der Waals surface area contributed by atoms with Crippen LogP contribution >= 0.6 is 0 Å². The van der Waals surface area contributed by atoms with Gasteiger partial charge in [-0.2, -0.15) is 0 Å². The van der Waals surface area contributed by atoms with Gasteiger partial charge in [0.25, 0.3) is 0 Å². The number of amides is 1. The van der Waals surface area contributed by atoms with E-state index in [2.05, 4.69) is 4.98 Å². The standard InChI is InChI=1S/C25H25FN2O2/c1-4-25(30)28(3)20-9-11-21(17(2)14-20)19-8-10-22(23(26)15-19)24(29)12-7-18-6-5-13-27-16-18/h5-6,8-11,13-16H,4,7,12H2,1-3H3. The minimum atomic E-state index is -0.523. The molecule has 0 spiro atoms. The molecule has 0 atom stereocenters. The SMILES string of the molecule is CCC(=O)N(C)c1ccc(-c2ccc(C(=O)CCc3cccnc3)c(F)c2)c(C)c1. The molecule has 154 valence electrons. The summed E-state index contributed by atoms with van der Waals surface area (Å²) in [5.74, 6) is -0.720. The summed E-state index contributed by atoms with van der Waals surface area (Å²) >= 11 is 0. The quantitative estimate of drug-likeness (QED) is 0.497. The van der Waals surface area contributed by atoms with Crippen molar-refractivity contribution in [1.82, 2.24) is 4.98 Å². The summed E-state index contributed by atoms with van der Waals surface area (Å²) in [6, 6.07) is 14.1. The third-order valence-electron chi connectivity index (χ3n) is 5.22. The van der Waals surface area contributed by atoms with Gasteiger partial charge in [-0.25, -0.2) is 4.39 Å². The monoisotopic (exact) mass is 404 g/mol. The lowest BCUT2D eigenvalue weighted by Gasteiger charge is -2.18. The largest absolute Gasteiger partial charge is 0.316 e. The highest BCUT2D eigenvalue weighted by atomic mass is 19.1. The minimum Gasteiger partial charge on any atom is -0.316 e. The van der Waals surface area contributed by atoms with Crippen LogP contribution in [-0.4, -0.2) is 23.7 Å². The number of hydrogen-bond acceptors (Lipinski definition) is 3. The molecule has 0 radical (unpaired) electrons. The second-order valence-corrected chi connectivity index (χ2v) is 7.28. The van der Waals surface area contributed by atoms with Crippen LogP contribution in [0.25, 0.3) is 11.1 Å². The number of ketones is 1. The maximum Gasteiger partial charge on any atom is 0.226 e. The molecule has 0 aliphatic heterocycles. The van der Waals surface area contributed by atoms with Gasteiger partial charge in [0.15, 0.2) is 5.78 Å². The predicted molar refractivity (Wildman–Crippen MR) is 117 cm³/mol. The number of hydrogen-bond donors (Lipinski definition) is 0. The summed E-state index contributed by atoms with van der Waals surface area (Å²) in [5.41, 5.74) is 4.34. The number of carbonyl (C=O) groups is 2. The zero-order valence-electron chi connectivity index (χ0n) is 17.5. The molecule has 0 aliphatic rings. The molecule has 0 saturated heterocycles. The first-order valence-electron chi connectivity index (χ1n) is 10.00. The van der Waals surface area contributed by atoms with E-state index in [0.717, 1.165) is 22.4 Å². The summed E-state index contributed by atoms with van der Waals surface area (Å²) in [6.45, 7) is 3.75. The van der Waals surface area contributed by atoms with Gasteiger partial charge in [-0.3, -0.25) is 14.6 Å². The number of aryl methyl sites for hydroxylation is 2. The Labute approximate surface area is 176 Å². The fourth-order valence-corrected chi connectivity index (χ4v) is 3.41. The lowest BCUT2D eigenvalue weighted by atomic mass is 9.96. The van der Waals surface area contributed by atoms with Gasteiger partial charge in [-0.1, -0.05) is 25.1 Å². The molecule has 0 aliphatic carbocycles. The zero-order chi connectivity index (χ0) is 21.7. The number of pyridine rings is 1. The Morgan fingerprint density at radius 1 is 1.10 bits per heavy atom. The van der Waals surface area contributed by atoms with Crippen LogP contribution in [0, 0.1) is 12.7 Å². The summed E-state index contributed by atoms with van der Waals surface area (Å²) in [5, 5.41) is 0. The molecule has 4 nitrogen and oxygen atoms in total. The van der Waals surface area contributed by atoms with Crippen molar-refractivity contribution in [2.24, 2.45) is 0 Å². The Hall–Kier alpha value is -3.34. The molecule has 3 rings (SSSR count). The lowest BCUT2D eigenvalue weighted by Crippen LogP contribution is -2.25. The van der Waals surface area contributed by atoms with Crippen molar-refractivity contribution >= 4 is 17.4 Å². The van der Waals surface area contributed by atoms with Gasteiger partial charge in [0, 0.05) is 38.0 Å². The van der Waals surface area contributed by atoms with Crippen LogP contribution < -0.4 is 4.90 Å². The van der Waals surface area contributed by atoms with Gasteiger partial charge >= 0.3 is 0 Å². The number of aromatic nitrogens is 1. The van der Waals surface area contributed by atoms with E-state index in [9.17, 15) is 14.0 Å². The molecular formula is C25H25FN2O2. The predicted octanol–water partition coefficient (Wildman–Crippen LogP) is 5.38. The van der Waals surface area contributed by atoms with Crippen LogP contribution in [0.5, 0.6) is 0 Å². The average Bonchev–Trinajstić information content (AvgIpc) is 2.77. The number of benzene rings is 2. The molecule has 0 bridgehead atoms. The zero-order valence-corrected chi connectivity index (χ0v) is 17.5. The first-order valence-corrected chi connectivity index (χ1v) is 10.00. The van der Waals surface area contributed by atoms with Crippen molar-refractivity contribution in [3.8, 4) is 11.1 Å². The van der Waals surface area contributed by atoms with E-state index in [-0.39, 0.29) is 23.7 Å². The molecule has 2 aromatic carbocycles. The normalized spacial score (nSPS) is 10.7. The number of rotatable bonds is 7. The van der Waals surface area contributed by atoms with Crippen molar-refractivity contribution in [2.75, 3.05) is 11.9 Å². The van der Waals surface area contributed by atoms with Crippen LogP contribution in [0.1, 0.15) is 41.3 Å². The number of anilines is 1. The number of carbonyl (C=O) groups excluding carboxylic acids is 2. The first-order chi connectivity index (χ1) is 14.4. The highest BCUT2D eigenvalue weighted by Crippen LogP contribution is 2.29. The van der Waals surface area contributed by atoms with E-state index in [1.165, 1.54) is 6.07 Å². The van der Waals surface area contributed by atoms with Gasteiger partial charge in [0.2, 0.25) is 5.91 Å². The second kappa shape index (κ2) is 9.44. The Balaban J connectivity index is 1.77. The molecular weight excluding hydrogens is 379 g/mol. The molecule has 1 heterocycles. The Kier molecular flexibility index (Phi) is 6.72. The number of halogens is 1. The summed E-state index contributed by atoms with van der Waals surface area (Å²) in [7, 11) is 1.74. The van der Waals surface area contributed by atoms with Crippen molar-refractivity contribution in [1.29, 1.82) is 0 Å². The number of nitrogens with zero attached hydrogens (tertiary/aromatic N) is 2. The van der Waals surface area contributed by atoms with Gasteiger partial charge in [-0.05, 0) is 65.9 Å². The van der Waals surface area contributed by atoms with Crippen LogP contribution in [0.4, 0.5) is 10.1 Å². The second-order valence-electron chi connectivity index (χ2n) is 7.28. The van der Waals surface area contributed by atoms with Crippen molar-refractivity contribution < 1.29 is 14.0 Å². The molecule has 1 amide bonds. The highest BCUT2D eigenvalue weighted by molar-refractivity contribution is 5.97. The fourth-order valence-electron chi connectivity index (χ4n) is 3.41. The van der Waals surface area contributed by atoms with Crippen molar-refractivity contribution in [3.05, 3.63) is 83.4 Å². The molecule has 3 aromatic rings. The van der Waals surface area contributed by atoms with Crippen LogP contribution in [0.3, 0.4) is 0 Å². The summed E-state index contributed by atoms with van der Waals surface area (Å²) < 4.78 is 14.7. The molecule has 5 heteroatoms. The first kappa shape index (κ1) is 21.4.